The van der Waals surface area contributed by atoms with Crippen molar-refractivity contribution in [3.05, 3.63) is 57.9 Å². The lowest BCUT2D eigenvalue weighted by molar-refractivity contribution is -0.135. The van der Waals surface area contributed by atoms with Gasteiger partial charge in [-0.15, -0.1) is 0 Å². The van der Waals surface area contributed by atoms with Crippen molar-refractivity contribution in [1.82, 2.24) is 19.3 Å². The van der Waals surface area contributed by atoms with Crippen molar-refractivity contribution in [3.8, 4) is 11.3 Å². The lowest BCUT2D eigenvalue weighted by Gasteiger charge is -2.43. The van der Waals surface area contributed by atoms with Crippen molar-refractivity contribution in [1.29, 1.82) is 0 Å². The van der Waals surface area contributed by atoms with Gasteiger partial charge in [0.2, 0.25) is 5.91 Å². The molecule has 0 atom stereocenters. The van der Waals surface area contributed by atoms with E-state index in [0.717, 1.165) is 63.0 Å². The van der Waals surface area contributed by atoms with Crippen molar-refractivity contribution in [2.45, 2.75) is 38.3 Å². The predicted molar refractivity (Wildman–Crippen MR) is 122 cm³/mol. The maximum atomic E-state index is 12.9. The van der Waals surface area contributed by atoms with Gasteiger partial charge in [0.05, 0.1) is 12.2 Å². The van der Waals surface area contributed by atoms with E-state index in [1.54, 1.807) is 10.6 Å². The molecule has 5 rings (SSSR count). The van der Waals surface area contributed by atoms with Crippen molar-refractivity contribution in [2.75, 3.05) is 39.3 Å². The van der Waals surface area contributed by atoms with Gasteiger partial charge in [-0.25, -0.2) is 0 Å². The number of carbonyl (C=O) groups excluding carboxylic acids is 1. The third kappa shape index (κ3) is 4.19. The van der Waals surface area contributed by atoms with Crippen LogP contribution in [0.4, 0.5) is 0 Å². The normalized spacial score (nSPS) is 20.4. The van der Waals surface area contributed by atoms with Crippen LogP contribution in [0.25, 0.3) is 11.3 Å². The number of nitrogens with zero attached hydrogens (tertiary/aromatic N) is 4. The summed E-state index contributed by atoms with van der Waals surface area (Å²) in [6.07, 6.45) is 4.98. The topological polar surface area (TPSA) is 48.8 Å². The zero-order chi connectivity index (χ0) is 21.4. The van der Waals surface area contributed by atoms with Crippen LogP contribution in [0.3, 0.4) is 0 Å². The Labute approximate surface area is 184 Å². The van der Waals surface area contributed by atoms with Crippen LogP contribution in [0, 0.1) is 0 Å². The zero-order valence-corrected chi connectivity index (χ0v) is 18.4. The second kappa shape index (κ2) is 8.60. The summed E-state index contributed by atoms with van der Waals surface area (Å²) in [4.78, 5) is 31.8. The second-order valence-corrected chi connectivity index (χ2v) is 9.25. The predicted octanol–water partition coefficient (Wildman–Crippen LogP) is 2.11. The van der Waals surface area contributed by atoms with E-state index in [1.807, 2.05) is 19.2 Å². The molecule has 0 unspecified atom stereocenters. The Hall–Kier alpha value is -2.44. The number of amides is 1. The third-order valence-electron chi connectivity index (χ3n) is 7.40. The van der Waals surface area contributed by atoms with Gasteiger partial charge < -0.3 is 9.47 Å². The molecule has 2 aliphatic heterocycles. The molecule has 6 heteroatoms. The van der Waals surface area contributed by atoms with Gasteiger partial charge in [0, 0.05) is 58.4 Å². The van der Waals surface area contributed by atoms with E-state index in [-0.39, 0.29) is 11.5 Å². The standard InChI is InChI=1S/C25H32N4O2/c1-26-23(6-3-7-24(26)30)20-8-9-21-17-27(11-10-19(21)16-20)18-25(31)29-14-12-28(13-15-29)22-4-2-5-22/h3,6-9,16,22H,2,4-5,10-15,17-18H2,1H3. The Balaban J connectivity index is 1.20. The molecule has 0 spiro atoms. The summed E-state index contributed by atoms with van der Waals surface area (Å²) in [5, 5.41) is 0. The number of fused-ring (bicyclic) bond motifs is 1. The summed E-state index contributed by atoms with van der Waals surface area (Å²) >= 11 is 0. The molecule has 164 valence electrons. The average Bonchev–Trinajstić information content (AvgIpc) is 2.74. The van der Waals surface area contributed by atoms with E-state index in [0.29, 0.717) is 6.54 Å². The number of aromatic nitrogens is 1. The Morgan fingerprint density at radius 2 is 1.81 bits per heavy atom. The molecule has 3 aliphatic rings. The molecule has 0 bridgehead atoms. The zero-order valence-electron chi connectivity index (χ0n) is 18.4. The first kappa shape index (κ1) is 20.5. The Bertz CT molecular complexity index is 1020. The van der Waals surface area contributed by atoms with E-state index < -0.39 is 0 Å². The van der Waals surface area contributed by atoms with E-state index in [2.05, 4.69) is 32.9 Å². The summed E-state index contributed by atoms with van der Waals surface area (Å²) in [7, 11) is 1.82. The van der Waals surface area contributed by atoms with Crippen LogP contribution in [-0.4, -0.2) is 70.5 Å². The van der Waals surface area contributed by atoms with Gasteiger partial charge in [0.15, 0.2) is 0 Å². The molecule has 1 aliphatic carbocycles. The first-order valence-corrected chi connectivity index (χ1v) is 11.6. The molecule has 31 heavy (non-hydrogen) atoms. The number of pyridine rings is 1. The fourth-order valence-electron chi connectivity index (χ4n) is 5.14. The fraction of sp³-hybridized carbons (Fsp3) is 0.520. The molecule has 3 heterocycles. The number of hydrogen-bond donors (Lipinski definition) is 0. The number of carbonyl (C=O) groups is 1. The van der Waals surface area contributed by atoms with Gasteiger partial charge in [0.25, 0.3) is 5.56 Å². The van der Waals surface area contributed by atoms with Crippen LogP contribution in [0.15, 0.2) is 41.2 Å². The molecule has 1 aromatic heterocycles. The molecule has 2 aromatic rings. The molecular formula is C25H32N4O2. The molecule has 0 radical (unpaired) electrons. The summed E-state index contributed by atoms with van der Waals surface area (Å²) in [6, 6.07) is 12.6. The average molecular weight is 421 g/mol. The number of piperazine rings is 1. The van der Waals surface area contributed by atoms with E-state index in [9.17, 15) is 9.59 Å². The Morgan fingerprint density at radius 3 is 2.55 bits per heavy atom. The number of hydrogen-bond acceptors (Lipinski definition) is 4. The van der Waals surface area contributed by atoms with Crippen LogP contribution in [0.1, 0.15) is 30.4 Å². The first-order chi connectivity index (χ1) is 15.1. The highest BCUT2D eigenvalue weighted by atomic mass is 16.2. The minimum absolute atomic E-state index is 0.00780. The largest absolute Gasteiger partial charge is 0.339 e. The van der Waals surface area contributed by atoms with Gasteiger partial charge in [-0.05, 0) is 48.1 Å². The smallest absolute Gasteiger partial charge is 0.250 e. The minimum Gasteiger partial charge on any atom is -0.339 e. The lowest BCUT2D eigenvalue weighted by Crippen LogP contribution is -2.55. The van der Waals surface area contributed by atoms with Crippen molar-refractivity contribution in [2.24, 2.45) is 7.05 Å². The van der Waals surface area contributed by atoms with Crippen molar-refractivity contribution < 1.29 is 4.79 Å². The monoisotopic (exact) mass is 420 g/mol. The highest BCUT2D eigenvalue weighted by molar-refractivity contribution is 5.78. The van der Waals surface area contributed by atoms with Crippen LogP contribution in [0.2, 0.25) is 0 Å². The number of benzene rings is 1. The highest BCUT2D eigenvalue weighted by Gasteiger charge is 2.30. The second-order valence-electron chi connectivity index (χ2n) is 9.25. The molecule has 0 N–H and O–H groups in total. The molecule has 1 aromatic carbocycles. The fourth-order valence-corrected chi connectivity index (χ4v) is 5.14. The van der Waals surface area contributed by atoms with Gasteiger partial charge >= 0.3 is 0 Å². The molecule has 2 fully saturated rings. The Kier molecular flexibility index (Phi) is 5.67. The molecule has 6 nitrogen and oxygen atoms in total. The summed E-state index contributed by atoms with van der Waals surface area (Å²) in [6.45, 7) is 6.04. The quantitative estimate of drug-likeness (QED) is 0.760. The van der Waals surface area contributed by atoms with Gasteiger partial charge in [-0.1, -0.05) is 24.6 Å². The van der Waals surface area contributed by atoms with E-state index >= 15 is 0 Å². The maximum Gasteiger partial charge on any atom is 0.250 e. The van der Waals surface area contributed by atoms with Crippen LogP contribution >= 0.6 is 0 Å². The van der Waals surface area contributed by atoms with Crippen LogP contribution in [-0.2, 0) is 24.8 Å². The van der Waals surface area contributed by atoms with Crippen LogP contribution in [0.5, 0.6) is 0 Å². The first-order valence-electron chi connectivity index (χ1n) is 11.6. The summed E-state index contributed by atoms with van der Waals surface area (Å²) in [5.74, 6) is 0.271. The van der Waals surface area contributed by atoms with Crippen molar-refractivity contribution in [3.63, 3.8) is 0 Å². The maximum absolute atomic E-state index is 12.9. The minimum atomic E-state index is 0.00780. The Morgan fingerprint density at radius 1 is 1.00 bits per heavy atom. The molecule has 1 saturated carbocycles. The molecule has 1 saturated heterocycles. The van der Waals surface area contributed by atoms with E-state index in [1.165, 1.54) is 30.4 Å². The summed E-state index contributed by atoms with van der Waals surface area (Å²) in [5.41, 5.74) is 4.64. The van der Waals surface area contributed by atoms with Gasteiger partial charge in [-0.3, -0.25) is 19.4 Å². The molecule has 1 amide bonds. The third-order valence-corrected chi connectivity index (χ3v) is 7.40. The highest BCUT2D eigenvalue weighted by Crippen LogP contribution is 2.27. The van der Waals surface area contributed by atoms with Crippen molar-refractivity contribution >= 4 is 5.91 Å². The van der Waals surface area contributed by atoms with Gasteiger partial charge in [0.1, 0.15) is 0 Å². The van der Waals surface area contributed by atoms with Crippen LogP contribution < -0.4 is 5.56 Å². The SMILES string of the molecule is Cn1c(-c2ccc3c(c2)CCN(CC(=O)N2CCN(C4CCC4)CC2)C3)cccc1=O. The number of rotatable bonds is 4. The summed E-state index contributed by atoms with van der Waals surface area (Å²) < 4.78 is 1.69. The van der Waals surface area contributed by atoms with E-state index in [4.69, 9.17) is 0 Å². The lowest BCUT2D eigenvalue weighted by atomic mass is 9.91. The van der Waals surface area contributed by atoms with Gasteiger partial charge in [-0.2, -0.15) is 0 Å². The molecular weight excluding hydrogens is 388 g/mol.